The van der Waals surface area contributed by atoms with E-state index in [0.717, 1.165) is 12.1 Å². The lowest BCUT2D eigenvalue weighted by molar-refractivity contribution is -0.120. The first-order valence-corrected chi connectivity index (χ1v) is 4.15. The number of halogens is 2. The second-order valence-electron chi connectivity index (χ2n) is 3.03. The quantitative estimate of drug-likeness (QED) is 0.678. The fourth-order valence-electron chi connectivity index (χ4n) is 1.41. The van der Waals surface area contributed by atoms with Crippen LogP contribution in [-0.4, -0.2) is 11.9 Å². The summed E-state index contributed by atoms with van der Waals surface area (Å²) in [6.07, 6.45) is 0. The van der Waals surface area contributed by atoms with Crippen molar-refractivity contribution in [1.82, 2.24) is 10.6 Å². The molecule has 0 saturated carbocycles. The molecule has 0 radical (unpaired) electrons. The number of amides is 3. The molecule has 1 atom stereocenters. The Balaban J connectivity index is 2.46. The van der Waals surface area contributed by atoms with E-state index >= 15 is 0 Å². The summed E-state index contributed by atoms with van der Waals surface area (Å²) in [7, 11) is 0. The molecular weight excluding hydrogens is 206 g/mol. The molecule has 3 amide bonds. The summed E-state index contributed by atoms with van der Waals surface area (Å²) in [5.41, 5.74) is -0.444. The molecule has 0 aliphatic carbocycles. The van der Waals surface area contributed by atoms with Crippen molar-refractivity contribution in [3.8, 4) is 0 Å². The summed E-state index contributed by atoms with van der Waals surface area (Å²) in [6.45, 7) is 0. The summed E-state index contributed by atoms with van der Waals surface area (Å²) < 4.78 is 26.5. The van der Waals surface area contributed by atoms with Crippen LogP contribution in [0.2, 0.25) is 0 Å². The van der Waals surface area contributed by atoms with Gasteiger partial charge >= 0.3 is 6.03 Å². The summed E-state index contributed by atoms with van der Waals surface area (Å²) in [4.78, 5) is 21.9. The van der Waals surface area contributed by atoms with Crippen molar-refractivity contribution in [2.24, 2.45) is 0 Å². The van der Waals surface area contributed by atoms with Gasteiger partial charge in [0, 0.05) is 0 Å². The largest absolute Gasteiger partial charge is 0.322 e. The van der Waals surface area contributed by atoms with Crippen molar-refractivity contribution < 1.29 is 18.4 Å². The Labute approximate surface area is 83.3 Å². The van der Waals surface area contributed by atoms with Crippen LogP contribution in [0.1, 0.15) is 11.6 Å². The van der Waals surface area contributed by atoms with E-state index in [0.29, 0.717) is 0 Å². The van der Waals surface area contributed by atoms with Crippen LogP contribution in [0.5, 0.6) is 0 Å². The van der Waals surface area contributed by atoms with Gasteiger partial charge in [0.05, 0.1) is 5.56 Å². The topological polar surface area (TPSA) is 58.2 Å². The minimum atomic E-state index is -1.29. The number of imide groups is 1. The van der Waals surface area contributed by atoms with Gasteiger partial charge in [-0.3, -0.25) is 10.1 Å². The average Bonchev–Trinajstić information content (AvgIpc) is 2.45. The van der Waals surface area contributed by atoms with Gasteiger partial charge in [0.2, 0.25) is 0 Å². The smallest absolute Gasteiger partial charge is 0.322 e. The van der Waals surface area contributed by atoms with E-state index in [4.69, 9.17) is 0 Å². The van der Waals surface area contributed by atoms with Crippen LogP contribution in [0.4, 0.5) is 13.6 Å². The summed E-state index contributed by atoms with van der Waals surface area (Å²) in [5, 5.41) is 4.02. The minimum Gasteiger partial charge on any atom is -0.322 e. The first-order valence-electron chi connectivity index (χ1n) is 4.15. The van der Waals surface area contributed by atoms with E-state index in [9.17, 15) is 18.4 Å². The number of urea groups is 1. The number of rotatable bonds is 1. The summed E-state index contributed by atoms with van der Waals surface area (Å²) >= 11 is 0. The fraction of sp³-hybridized carbons (Fsp3) is 0.111. The lowest BCUT2D eigenvalue weighted by Gasteiger charge is -2.09. The van der Waals surface area contributed by atoms with Crippen molar-refractivity contribution >= 4 is 11.9 Å². The second-order valence-corrected chi connectivity index (χ2v) is 3.03. The Bertz CT molecular complexity index is 427. The monoisotopic (exact) mass is 212 g/mol. The molecule has 1 saturated heterocycles. The number of benzene rings is 1. The lowest BCUT2D eigenvalue weighted by atomic mass is 10.1. The van der Waals surface area contributed by atoms with E-state index in [-0.39, 0.29) is 0 Å². The lowest BCUT2D eigenvalue weighted by Crippen LogP contribution is -2.22. The molecule has 15 heavy (non-hydrogen) atoms. The number of carbonyl (C=O) groups excluding carboxylic acids is 2. The Morgan fingerprint density at radius 3 is 2.20 bits per heavy atom. The Morgan fingerprint density at radius 2 is 1.73 bits per heavy atom. The zero-order valence-corrected chi connectivity index (χ0v) is 7.38. The van der Waals surface area contributed by atoms with Crippen molar-refractivity contribution in [3.05, 3.63) is 35.4 Å². The molecule has 1 aromatic rings. The van der Waals surface area contributed by atoms with Crippen LogP contribution in [0, 0.1) is 11.6 Å². The van der Waals surface area contributed by atoms with Gasteiger partial charge in [-0.2, -0.15) is 0 Å². The highest BCUT2D eigenvalue weighted by atomic mass is 19.1. The predicted molar refractivity (Wildman–Crippen MR) is 45.8 cm³/mol. The maximum absolute atomic E-state index is 13.2. The third-order valence-electron chi connectivity index (χ3n) is 2.06. The molecule has 1 fully saturated rings. The maximum atomic E-state index is 13.2. The van der Waals surface area contributed by atoms with Gasteiger partial charge in [0.1, 0.15) is 17.7 Å². The highest BCUT2D eigenvalue weighted by Crippen LogP contribution is 2.22. The average molecular weight is 212 g/mol. The zero-order valence-electron chi connectivity index (χ0n) is 7.38. The first-order chi connectivity index (χ1) is 7.09. The molecule has 0 bridgehead atoms. The normalized spacial score (nSPS) is 20.0. The molecule has 1 heterocycles. The third-order valence-corrected chi connectivity index (χ3v) is 2.06. The highest BCUT2D eigenvalue weighted by Gasteiger charge is 2.34. The van der Waals surface area contributed by atoms with Crippen molar-refractivity contribution in [3.63, 3.8) is 0 Å². The van der Waals surface area contributed by atoms with E-state index in [1.165, 1.54) is 6.07 Å². The van der Waals surface area contributed by atoms with Gasteiger partial charge in [-0.15, -0.1) is 0 Å². The molecule has 1 aliphatic rings. The molecule has 1 unspecified atom stereocenters. The maximum Gasteiger partial charge on any atom is 0.322 e. The second kappa shape index (κ2) is 3.30. The van der Waals surface area contributed by atoms with Gasteiger partial charge in [-0.05, 0) is 12.1 Å². The molecule has 6 heteroatoms. The van der Waals surface area contributed by atoms with Gasteiger partial charge < -0.3 is 5.32 Å². The number of nitrogens with one attached hydrogen (secondary N) is 2. The van der Waals surface area contributed by atoms with Crippen LogP contribution in [0.25, 0.3) is 0 Å². The van der Waals surface area contributed by atoms with Crippen molar-refractivity contribution in [2.45, 2.75) is 6.04 Å². The SMILES string of the molecule is O=C1NC(=O)C(c2c(F)cccc2F)N1. The molecule has 1 aliphatic heterocycles. The number of hydrogen-bond acceptors (Lipinski definition) is 2. The summed E-state index contributed by atoms with van der Waals surface area (Å²) in [6, 6.07) is 1.18. The molecule has 1 aromatic carbocycles. The van der Waals surface area contributed by atoms with Gasteiger partial charge in [0.15, 0.2) is 0 Å². The molecule has 0 aromatic heterocycles. The van der Waals surface area contributed by atoms with Gasteiger partial charge in [-0.25, -0.2) is 13.6 Å². The van der Waals surface area contributed by atoms with E-state index in [2.05, 4.69) is 5.32 Å². The third kappa shape index (κ3) is 1.54. The van der Waals surface area contributed by atoms with Gasteiger partial charge in [-0.1, -0.05) is 6.07 Å². The van der Waals surface area contributed by atoms with Crippen LogP contribution < -0.4 is 10.6 Å². The highest BCUT2D eigenvalue weighted by molar-refractivity contribution is 6.04. The van der Waals surface area contributed by atoms with E-state index < -0.39 is 35.2 Å². The Morgan fingerprint density at radius 1 is 1.13 bits per heavy atom. The van der Waals surface area contributed by atoms with E-state index in [1.807, 2.05) is 5.32 Å². The van der Waals surface area contributed by atoms with Crippen LogP contribution in [-0.2, 0) is 4.79 Å². The molecule has 2 N–H and O–H groups in total. The predicted octanol–water partition coefficient (Wildman–Crippen LogP) is 0.845. The number of carbonyl (C=O) groups is 2. The van der Waals surface area contributed by atoms with Crippen molar-refractivity contribution in [1.29, 1.82) is 0 Å². The first kappa shape index (κ1) is 9.57. The molecule has 78 valence electrons. The fourth-order valence-corrected chi connectivity index (χ4v) is 1.41. The molecule has 0 spiro atoms. The Hall–Kier alpha value is -1.98. The zero-order chi connectivity index (χ0) is 11.0. The van der Waals surface area contributed by atoms with Gasteiger partial charge in [0.25, 0.3) is 5.91 Å². The molecular formula is C9H6F2N2O2. The molecule has 2 rings (SSSR count). The van der Waals surface area contributed by atoms with Crippen LogP contribution in [0.3, 0.4) is 0 Å². The van der Waals surface area contributed by atoms with Crippen LogP contribution in [0.15, 0.2) is 18.2 Å². The number of hydrogen-bond donors (Lipinski definition) is 2. The van der Waals surface area contributed by atoms with Crippen molar-refractivity contribution in [2.75, 3.05) is 0 Å². The Kier molecular flexibility index (Phi) is 2.11. The van der Waals surface area contributed by atoms with E-state index in [1.54, 1.807) is 0 Å². The minimum absolute atomic E-state index is 0.444. The molecule has 4 nitrogen and oxygen atoms in total. The van der Waals surface area contributed by atoms with Crippen LogP contribution >= 0.6 is 0 Å². The standard InChI is InChI=1S/C9H6F2N2O2/c10-4-2-1-3-5(11)6(4)7-8(14)13-9(15)12-7/h1-3,7H,(H2,12,13,14,15). The summed E-state index contributed by atoms with van der Waals surface area (Å²) in [5.74, 6) is -2.49.